The van der Waals surface area contributed by atoms with E-state index in [1.54, 1.807) is 0 Å². The molecule has 1 rings (SSSR count). The largest absolute Gasteiger partial charge is 0.352 e. The smallest absolute Gasteiger partial charge is 0.233 e. The van der Waals surface area contributed by atoms with Gasteiger partial charge in [0.15, 0.2) is 0 Å². The van der Waals surface area contributed by atoms with Gasteiger partial charge >= 0.3 is 0 Å². The van der Waals surface area contributed by atoms with Crippen molar-refractivity contribution in [3.63, 3.8) is 0 Å². The van der Waals surface area contributed by atoms with E-state index in [4.69, 9.17) is 0 Å². The van der Waals surface area contributed by atoms with Crippen LogP contribution in [0.4, 0.5) is 0 Å². The molecular formula is C11H20BrNO. The number of alkyl halides is 1. The van der Waals surface area contributed by atoms with E-state index in [9.17, 15) is 4.79 Å². The number of halogens is 1. The van der Waals surface area contributed by atoms with Crippen molar-refractivity contribution < 1.29 is 4.79 Å². The lowest BCUT2D eigenvalue weighted by Gasteiger charge is -2.35. The average molecular weight is 262 g/mol. The Balaban J connectivity index is 2.42. The third-order valence-electron chi connectivity index (χ3n) is 2.91. The predicted octanol–water partition coefficient (Wildman–Crippen LogP) is 2.85. The highest BCUT2D eigenvalue weighted by Gasteiger charge is 2.29. The van der Waals surface area contributed by atoms with E-state index in [0.29, 0.717) is 11.5 Å². The summed E-state index contributed by atoms with van der Waals surface area (Å²) in [4.78, 5) is 11.4. The van der Waals surface area contributed by atoms with E-state index in [2.05, 4.69) is 35.1 Å². The average Bonchev–Trinajstić information content (AvgIpc) is 2.01. The fourth-order valence-corrected chi connectivity index (χ4v) is 2.27. The second-order valence-electron chi connectivity index (χ2n) is 5.08. The molecule has 0 spiro atoms. The summed E-state index contributed by atoms with van der Waals surface area (Å²) in [5.41, 5.74) is 0.395. The molecule has 2 nitrogen and oxygen atoms in total. The van der Waals surface area contributed by atoms with Crippen molar-refractivity contribution in [1.29, 1.82) is 0 Å². The molecule has 1 saturated carbocycles. The number of carbonyl (C=O) groups excluding carboxylic acids is 1. The molecule has 0 radical (unpaired) electrons. The van der Waals surface area contributed by atoms with Crippen molar-refractivity contribution in [2.24, 2.45) is 5.41 Å². The Morgan fingerprint density at radius 2 is 2.21 bits per heavy atom. The van der Waals surface area contributed by atoms with Crippen molar-refractivity contribution in [3.8, 4) is 0 Å². The highest BCUT2D eigenvalue weighted by molar-refractivity contribution is 9.10. The Labute approximate surface area is 95.0 Å². The first-order valence-corrected chi connectivity index (χ1v) is 6.27. The first kappa shape index (κ1) is 12.0. The Bertz CT molecular complexity index is 213. The Kier molecular flexibility index (Phi) is 3.99. The van der Waals surface area contributed by atoms with Crippen LogP contribution in [0.2, 0.25) is 0 Å². The minimum absolute atomic E-state index is 0.0764. The van der Waals surface area contributed by atoms with Gasteiger partial charge in [0.2, 0.25) is 5.91 Å². The summed E-state index contributed by atoms with van der Waals surface area (Å²) < 4.78 is 0. The molecule has 2 atom stereocenters. The quantitative estimate of drug-likeness (QED) is 0.762. The maximum Gasteiger partial charge on any atom is 0.233 e. The minimum atomic E-state index is -0.0764. The molecule has 1 amide bonds. The Hall–Kier alpha value is -0.0500. The highest BCUT2D eigenvalue weighted by Crippen LogP contribution is 2.35. The molecule has 1 aliphatic carbocycles. The molecule has 1 N–H and O–H groups in total. The van der Waals surface area contributed by atoms with Crippen LogP contribution in [-0.4, -0.2) is 16.8 Å². The zero-order chi connectivity index (χ0) is 10.8. The highest BCUT2D eigenvalue weighted by atomic mass is 79.9. The van der Waals surface area contributed by atoms with Gasteiger partial charge in [0.1, 0.15) is 0 Å². The van der Waals surface area contributed by atoms with E-state index >= 15 is 0 Å². The van der Waals surface area contributed by atoms with Crippen molar-refractivity contribution >= 4 is 21.8 Å². The van der Waals surface area contributed by atoms with E-state index in [-0.39, 0.29) is 10.7 Å². The maximum absolute atomic E-state index is 11.5. The molecule has 0 aromatic heterocycles. The lowest BCUT2D eigenvalue weighted by Crippen LogP contribution is -2.43. The van der Waals surface area contributed by atoms with Crippen LogP contribution in [0.3, 0.4) is 0 Å². The summed E-state index contributed by atoms with van der Waals surface area (Å²) in [6.07, 6.45) is 4.76. The van der Waals surface area contributed by atoms with Crippen molar-refractivity contribution in [3.05, 3.63) is 0 Å². The lowest BCUT2D eigenvalue weighted by molar-refractivity contribution is -0.121. The second kappa shape index (κ2) is 4.65. The monoisotopic (exact) mass is 261 g/mol. The third kappa shape index (κ3) is 3.60. The zero-order valence-corrected chi connectivity index (χ0v) is 10.9. The molecular weight excluding hydrogens is 242 g/mol. The van der Waals surface area contributed by atoms with Crippen molar-refractivity contribution in [1.82, 2.24) is 5.32 Å². The molecule has 1 aliphatic rings. The fourth-order valence-electron chi connectivity index (χ4n) is 2.14. The van der Waals surface area contributed by atoms with Crippen LogP contribution in [0, 0.1) is 5.41 Å². The molecule has 0 aromatic carbocycles. The van der Waals surface area contributed by atoms with E-state index in [1.165, 1.54) is 12.8 Å². The molecule has 82 valence electrons. The van der Waals surface area contributed by atoms with Gasteiger partial charge in [-0.3, -0.25) is 4.79 Å². The van der Waals surface area contributed by atoms with Gasteiger partial charge in [-0.1, -0.05) is 36.2 Å². The van der Waals surface area contributed by atoms with Crippen LogP contribution in [0.15, 0.2) is 0 Å². The molecule has 2 unspecified atom stereocenters. The summed E-state index contributed by atoms with van der Waals surface area (Å²) >= 11 is 3.28. The number of nitrogens with one attached hydrogen (secondary N) is 1. The van der Waals surface area contributed by atoms with Gasteiger partial charge < -0.3 is 5.32 Å². The zero-order valence-electron chi connectivity index (χ0n) is 9.27. The van der Waals surface area contributed by atoms with E-state index in [1.807, 2.05) is 6.92 Å². The summed E-state index contributed by atoms with van der Waals surface area (Å²) in [6, 6.07) is 0.381. The standard InChI is InChI=1S/C11H20BrNO/c1-8(12)10(14)13-9-5-4-6-11(2,3)7-9/h8-9H,4-7H2,1-3H3,(H,13,14). The SMILES string of the molecule is CC(Br)C(=O)NC1CCCC(C)(C)C1. The molecule has 1 fully saturated rings. The molecule has 0 aromatic rings. The first-order valence-electron chi connectivity index (χ1n) is 5.35. The Morgan fingerprint density at radius 3 is 2.71 bits per heavy atom. The molecule has 3 heteroatoms. The van der Waals surface area contributed by atoms with Crippen LogP contribution in [0.5, 0.6) is 0 Å². The van der Waals surface area contributed by atoms with Gasteiger partial charge in [0.05, 0.1) is 4.83 Å². The van der Waals surface area contributed by atoms with Gasteiger partial charge in [-0.2, -0.15) is 0 Å². The van der Waals surface area contributed by atoms with E-state index < -0.39 is 0 Å². The van der Waals surface area contributed by atoms with Crippen molar-refractivity contribution in [2.75, 3.05) is 0 Å². The van der Waals surface area contributed by atoms with Crippen LogP contribution in [0.1, 0.15) is 46.5 Å². The topological polar surface area (TPSA) is 29.1 Å². The van der Waals surface area contributed by atoms with Gasteiger partial charge in [-0.25, -0.2) is 0 Å². The molecule has 0 saturated heterocycles. The van der Waals surface area contributed by atoms with Gasteiger partial charge in [0, 0.05) is 6.04 Å². The summed E-state index contributed by atoms with van der Waals surface area (Å²) in [5.74, 6) is 0.118. The van der Waals surface area contributed by atoms with Gasteiger partial charge in [-0.05, 0) is 31.6 Å². The third-order valence-corrected chi connectivity index (χ3v) is 3.33. The Morgan fingerprint density at radius 1 is 1.57 bits per heavy atom. The number of rotatable bonds is 2. The molecule has 14 heavy (non-hydrogen) atoms. The maximum atomic E-state index is 11.5. The van der Waals surface area contributed by atoms with Crippen LogP contribution >= 0.6 is 15.9 Å². The van der Waals surface area contributed by atoms with Crippen molar-refractivity contribution in [2.45, 2.75) is 57.3 Å². The van der Waals surface area contributed by atoms with Crippen LogP contribution in [0.25, 0.3) is 0 Å². The molecule has 0 heterocycles. The van der Waals surface area contributed by atoms with E-state index in [0.717, 1.165) is 12.8 Å². The minimum Gasteiger partial charge on any atom is -0.352 e. The van der Waals surface area contributed by atoms with Crippen LogP contribution in [-0.2, 0) is 4.79 Å². The summed E-state index contributed by atoms with van der Waals surface area (Å²) in [6.45, 7) is 6.43. The molecule has 0 aliphatic heterocycles. The van der Waals surface area contributed by atoms with Gasteiger partial charge in [-0.15, -0.1) is 0 Å². The summed E-state index contributed by atoms with van der Waals surface area (Å²) in [7, 11) is 0. The lowest BCUT2D eigenvalue weighted by atomic mass is 9.75. The number of hydrogen-bond acceptors (Lipinski definition) is 1. The van der Waals surface area contributed by atoms with Crippen LogP contribution < -0.4 is 5.32 Å². The molecule has 0 bridgehead atoms. The second-order valence-corrected chi connectivity index (χ2v) is 6.46. The predicted molar refractivity (Wildman–Crippen MR) is 62.6 cm³/mol. The number of hydrogen-bond donors (Lipinski definition) is 1. The number of amides is 1. The normalized spacial score (nSPS) is 28.1. The first-order chi connectivity index (χ1) is 6.41. The number of carbonyl (C=O) groups is 1. The summed E-state index contributed by atoms with van der Waals surface area (Å²) in [5, 5.41) is 3.09. The fraction of sp³-hybridized carbons (Fsp3) is 0.909. The van der Waals surface area contributed by atoms with Gasteiger partial charge in [0.25, 0.3) is 0 Å².